The fourth-order valence-electron chi connectivity index (χ4n) is 4.02. The zero-order valence-electron chi connectivity index (χ0n) is 12.9. The third-order valence-electron chi connectivity index (χ3n) is 5.57. The summed E-state index contributed by atoms with van der Waals surface area (Å²) in [6, 6.07) is 0. The molecule has 0 aromatic rings. The Morgan fingerprint density at radius 1 is 1.19 bits per heavy atom. The fourth-order valence-corrected chi connectivity index (χ4v) is 4.02. The van der Waals surface area contributed by atoms with Gasteiger partial charge in [0.25, 0.3) is 0 Å². The van der Waals surface area contributed by atoms with Gasteiger partial charge in [0, 0.05) is 32.7 Å². The minimum atomic E-state index is 0. The number of ether oxygens (including phenoxy) is 1. The van der Waals surface area contributed by atoms with Crippen molar-refractivity contribution in [3.8, 4) is 0 Å². The van der Waals surface area contributed by atoms with Gasteiger partial charge in [-0.15, -0.1) is 12.4 Å². The van der Waals surface area contributed by atoms with Crippen molar-refractivity contribution in [2.75, 3.05) is 39.4 Å². The van der Waals surface area contributed by atoms with E-state index in [1.165, 1.54) is 19.3 Å². The van der Waals surface area contributed by atoms with E-state index in [9.17, 15) is 4.79 Å². The van der Waals surface area contributed by atoms with Gasteiger partial charge in [-0.3, -0.25) is 4.79 Å². The molecule has 0 saturated carbocycles. The highest BCUT2D eigenvalue weighted by Gasteiger charge is 2.40. The molecule has 4 nitrogen and oxygen atoms in total. The van der Waals surface area contributed by atoms with Crippen LogP contribution in [0, 0.1) is 11.3 Å². The van der Waals surface area contributed by atoms with Gasteiger partial charge in [-0.25, -0.2) is 0 Å². The molecule has 3 rings (SSSR count). The third-order valence-corrected chi connectivity index (χ3v) is 5.57. The molecule has 0 radical (unpaired) electrons. The zero-order chi connectivity index (χ0) is 13.8. The topological polar surface area (TPSA) is 41.6 Å². The van der Waals surface area contributed by atoms with Crippen molar-refractivity contribution in [3.05, 3.63) is 0 Å². The summed E-state index contributed by atoms with van der Waals surface area (Å²) in [7, 11) is 0. The van der Waals surface area contributed by atoms with Crippen LogP contribution in [0.3, 0.4) is 0 Å². The molecule has 0 bridgehead atoms. The Labute approximate surface area is 134 Å². The number of likely N-dealkylation sites (tertiary alicyclic amines) is 1. The van der Waals surface area contributed by atoms with E-state index in [1.807, 2.05) is 0 Å². The summed E-state index contributed by atoms with van der Waals surface area (Å²) in [4.78, 5) is 14.5. The van der Waals surface area contributed by atoms with E-state index in [4.69, 9.17) is 4.74 Å². The average Bonchev–Trinajstić information content (AvgIpc) is 2.90. The van der Waals surface area contributed by atoms with Crippen LogP contribution in [0.25, 0.3) is 0 Å². The Morgan fingerprint density at radius 2 is 1.90 bits per heavy atom. The fraction of sp³-hybridized carbons (Fsp3) is 0.938. The molecule has 0 aliphatic carbocycles. The van der Waals surface area contributed by atoms with E-state index in [0.29, 0.717) is 11.3 Å². The van der Waals surface area contributed by atoms with Gasteiger partial charge in [0.1, 0.15) is 0 Å². The first kappa shape index (κ1) is 17.0. The second-order valence-corrected chi connectivity index (χ2v) is 6.91. The van der Waals surface area contributed by atoms with Crippen molar-refractivity contribution < 1.29 is 9.53 Å². The molecule has 0 aromatic heterocycles. The summed E-state index contributed by atoms with van der Waals surface area (Å²) >= 11 is 0. The lowest BCUT2D eigenvalue weighted by atomic mass is 9.80. The Hall–Kier alpha value is -0.320. The maximum atomic E-state index is 12.4. The highest BCUT2D eigenvalue weighted by Crippen LogP contribution is 2.39. The Balaban J connectivity index is 0.00000161. The van der Waals surface area contributed by atoms with E-state index < -0.39 is 0 Å². The molecule has 122 valence electrons. The van der Waals surface area contributed by atoms with Crippen molar-refractivity contribution in [1.82, 2.24) is 10.2 Å². The van der Waals surface area contributed by atoms with Gasteiger partial charge in [0.2, 0.25) is 5.91 Å². The molecule has 21 heavy (non-hydrogen) atoms. The van der Waals surface area contributed by atoms with Crippen molar-refractivity contribution in [2.24, 2.45) is 11.3 Å². The largest absolute Gasteiger partial charge is 0.381 e. The van der Waals surface area contributed by atoms with Crippen molar-refractivity contribution in [3.63, 3.8) is 0 Å². The van der Waals surface area contributed by atoms with Gasteiger partial charge in [0.15, 0.2) is 0 Å². The molecule has 3 aliphatic rings. The first-order valence-electron chi connectivity index (χ1n) is 8.34. The molecule has 3 aliphatic heterocycles. The van der Waals surface area contributed by atoms with Crippen LogP contribution in [-0.4, -0.2) is 50.2 Å². The third kappa shape index (κ3) is 4.33. The second-order valence-electron chi connectivity index (χ2n) is 6.91. The quantitative estimate of drug-likeness (QED) is 0.868. The molecule has 1 N–H and O–H groups in total. The van der Waals surface area contributed by atoms with Gasteiger partial charge in [-0.2, -0.15) is 0 Å². The minimum Gasteiger partial charge on any atom is -0.381 e. The summed E-state index contributed by atoms with van der Waals surface area (Å²) < 4.78 is 5.47. The standard InChI is InChI=1S/C16H28N2O2.ClH/c19-15(2-1-14-3-8-17-9-4-14)18-10-5-16(13-18)6-11-20-12-7-16;/h14,17H,1-13H2;1H. The number of amides is 1. The number of piperidine rings is 1. The average molecular weight is 317 g/mol. The van der Waals surface area contributed by atoms with Crippen LogP contribution in [0.1, 0.15) is 44.9 Å². The number of rotatable bonds is 3. The number of nitrogens with zero attached hydrogens (tertiary/aromatic N) is 1. The number of carbonyl (C=O) groups is 1. The Bertz CT molecular complexity index is 339. The predicted octanol–water partition coefficient (Wildman–Crippen LogP) is 2.22. The number of hydrogen-bond donors (Lipinski definition) is 1. The van der Waals surface area contributed by atoms with Crippen LogP contribution in [0.15, 0.2) is 0 Å². The van der Waals surface area contributed by atoms with Crippen LogP contribution in [0.2, 0.25) is 0 Å². The molecular formula is C16H29ClN2O2. The molecular weight excluding hydrogens is 288 g/mol. The maximum Gasteiger partial charge on any atom is 0.222 e. The molecule has 3 saturated heterocycles. The molecule has 1 spiro atoms. The molecule has 1 amide bonds. The summed E-state index contributed by atoms with van der Waals surface area (Å²) in [5.41, 5.74) is 0.392. The first-order chi connectivity index (χ1) is 9.77. The zero-order valence-corrected chi connectivity index (χ0v) is 13.8. The molecule has 3 heterocycles. The Kier molecular flexibility index (Phi) is 6.33. The summed E-state index contributed by atoms with van der Waals surface area (Å²) in [6.07, 6.45) is 7.82. The normalized spacial score (nSPS) is 25.8. The number of nitrogens with one attached hydrogen (secondary N) is 1. The number of halogens is 1. The van der Waals surface area contributed by atoms with Gasteiger partial charge in [-0.1, -0.05) is 0 Å². The van der Waals surface area contributed by atoms with Gasteiger partial charge in [0.05, 0.1) is 0 Å². The van der Waals surface area contributed by atoms with Gasteiger partial charge >= 0.3 is 0 Å². The van der Waals surface area contributed by atoms with E-state index in [1.54, 1.807) is 0 Å². The van der Waals surface area contributed by atoms with Crippen LogP contribution in [0.5, 0.6) is 0 Å². The maximum absolute atomic E-state index is 12.4. The van der Waals surface area contributed by atoms with Crippen LogP contribution < -0.4 is 5.32 Å². The minimum absolute atomic E-state index is 0. The molecule has 0 aromatic carbocycles. The monoisotopic (exact) mass is 316 g/mol. The summed E-state index contributed by atoms with van der Waals surface area (Å²) in [5, 5.41) is 3.39. The van der Waals surface area contributed by atoms with E-state index in [-0.39, 0.29) is 12.4 Å². The van der Waals surface area contributed by atoms with Gasteiger partial charge < -0.3 is 15.0 Å². The lowest BCUT2D eigenvalue weighted by Gasteiger charge is -2.33. The first-order valence-corrected chi connectivity index (χ1v) is 8.34. The smallest absolute Gasteiger partial charge is 0.222 e. The summed E-state index contributed by atoms with van der Waals surface area (Å²) in [5.74, 6) is 1.16. The van der Waals surface area contributed by atoms with Crippen LogP contribution in [-0.2, 0) is 9.53 Å². The second kappa shape index (κ2) is 7.80. The van der Waals surface area contributed by atoms with Gasteiger partial charge in [-0.05, 0) is 62.9 Å². The lowest BCUT2D eigenvalue weighted by molar-refractivity contribution is -0.131. The lowest BCUT2D eigenvalue weighted by Crippen LogP contribution is -2.36. The SMILES string of the molecule is Cl.O=C(CCC1CCNCC1)N1CCC2(CCOCC2)C1. The summed E-state index contributed by atoms with van der Waals surface area (Å²) in [6.45, 7) is 6.00. The highest BCUT2D eigenvalue weighted by molar-refractivity contribution is 5.85. The predicted molar refractivity (Wildman–Crippen MR) is 85.8 cm³/mol. The number of hydrogen-bond acceptors (Lipinski definition) is 3. The van der Waals surface area contributed by atoms with E-state index in [0.717, 1.165) is 71.0 Å². The highest BCUT2D eigenvalue weighted by atomic mass is 35.5. The van der Waals surface area contributed by atoms with Crippen molar-refractivity contribution >= 4 is 18.3 Å². The van der Waals surface area contributed by atoms with E-state index >= 15 is 0 Å². The van der Waals surface area contributed by atoms with Crippen LogP contribution in [0.4, 0.5) is 0 Å². The molecule has 0 unspecified atom stereocenters. The van der Waals surface area contributed by atoms with Crippen molar-refractivity contribution in [2.45, 2.75) is 44.9 Å². The molecule has 0 atom stereocenters. The Morgan fingerprint density at radius 3 is 2.62 bits per heavy atom. The molecule has 5 heteroatoms. The number of carbonyl (C=O) groups excluding carboxylic acids is 1. The van der Waals surface area contributed by atoms with Crippen molar-refractivity contribution in [1.29, 1.82) is 0 Å². The van der Waals surface area contributed by atoms with Crippen LogP contribution >= 0.6 is 12.4 Å². The molecule has 3 fully saturated rings. The van der Waals surface area contributed by atoms with E-state index in [2.05, 4.69) is 10.2 Å².